The molecule has 0 radical (unpaired) electrons. The van der Waals surface area contributed by atoms with E-state index >= 15 is 0 Å². The molecule has 0 unspecified atom stereocenters. The number of hydrogen-bond donors (Lipinski definition) is 1. The van der Waals surface area contributed by atoms with Gasteiger partial charge in [-0.05, 0) is 54.5 Å². The molecule has 3 rings (SSSR count). The molecule has 0 aliphatic heterocycles. The lowest BCUT2D eigenvalue weighted by atomic mass is 9.89. The van der Waals surface area contributed by atoms with Crippen LogP contribution < -0.4 is 5.32 Å². The number of alkyl halides is 1. The predicted molar refractivity (Wildman–Crippen MR) is 87.9 cm³/mol. The molecular formula is C18H20ClNO. The third kappa shape index (κ3) is 3.56. The van der Waals surface area contributed by atoms with Crippen molar-refractivity contribution in [3.05, 3.63) is 48.0 Å². The van der Waals surface area contributed by atoms with Crippen molar-refractivity contribution in [3.63, 3.8) is 0 Å². The molecule has 0 heterocycles. The van der Waals surface area contributed by atoms with Crippen LogP contribution in [-0.4, -0.2) is 17.8 Å². The Balaban J connectivity index is 1.61. The molecule has 0 spiro atoms. The van der Waals surface area contributed by atoms with Crippen LogP contribution >= 0.6 is 11.6 Å². The Labute approximate surface area is 130 Å². The number of halogens is 1. The molecular weight excluding hydrogens is 282 g/mol. The van der Waals surface area contributed by atoms with Crippen LogP contribution in [0.4, 0.5) is 0 Å². The van der Waals surface area contributed by atoms with E-state index in [-0.39, 0.29) is 5.91 Å². The van der Waals surface area contributed by atoms with Crippen LogP contribution in [0.1, 0.15) is 36.0 Å². The van der Waals surface area contributed by atoms with Crippen LogP contribution in [0.3, 0.4) is 0 Å². The zero-order valence-electron chi connectivity index (χ0n) is 12.0. The molecule has 2 aromatic carbocycles. The number of amides is 1. The van der Waals surface area contributed by atoms with Gasteiger partial charge in [0.25, 0.3) is 5.91 Å². The van der Waals surface area contributed by atoms with Gasteiger partial charge in [-0.3, -0.25) is 4.79 Å². The van der Waals surface area contributed by atoms with Crippen LogP contribution in [0.2, 0.25) is 0 Å². The molecule has 2 aromatic rings. The fraction of sp³-hybridized carbons (Fsp3) is 0.389. The molecule has 3 heteroatoms. The van der Waals surface area contributed by atoms with E-state index in [9.17, 15) is 4.79 Å². The first-order chi connectivity index (χ1) is 10.2. The highest BCUT2D eigenvalue weighted by Crippen LogP contribution is 2.27. The van der Waals surface area contributed by atoms with Crippen molar-refractivity contribution in [3.8, 4) is 0 Å². The minimum absolute atomic E-state index is 0.0220. The Morgan fingerprint density at radius 1 is 1.05 bits per heavy atom. The molecule has 1 aliphatic carbocycles. The minimum Gasteiger partial charge on any atom is -0.352 e. The number of carbonyl (C=O) groups excluding carboxylic acids is 1. The second-order valence-corrected chi connectivity index (χ2v) is 6.51. The second kappa shape index (κ2) is 6.48. The maximum absolute atomic E-state index is 12.3. The smallest absolute Gasteiger partial charge is 0.251 e. The average Bonchev–Trinajstić information content (AvgIpc) is 2.53. The summed E-state index contributed by atoms with van der Waals surface area (Å²) in [5.74, 6) is 0.596. The van der Waals surface area contributed by atoms with Crippen molar-refractivity contribution in [2.75, 3.05) is 6.54 Å². The number of carbonyl (C=O) groups is 1. The summed E-state index contributed by atoms with van der Waals surface area (Å²) in [4.78, 5) is 12.3. The number of nitrogens with one attached hydrogen (secondary N) is 1. The molecule has 0 atom stereocenters. The number of fused-ring (bicyclic) bond motifs is 1. The summed E-state index contributed by atoms with van der Waals surface area (Å²) >= 11 is 6.11. The van der Waals surface area contributed by atoms with Gasteiger partial charge in [0.1, 0.15) is 0 Å². The lowest BCUT2D eigenvalue weighted by Crippen LogP contribution is -2.31. The summed E-state index contributed by atoms with van der Waals surface area (Å²) < 4.78 is 0. The maximum atomic E-state index is 12.3. The third-order valence-corrected chi connectivity index (χ3v) is 4.78. The van der Waals surface area contributed by atoms with E-state index in [1.807, 2.05) is 36.4 Å². The molecule has 21 heavy (non-hydrogen) atoms. The van der Waals surface area contributed by atoms with Gasteiger partial charge < -0.3 is 5.32 Å². The second-order valence-electron chi connectivity index (χ2n) is 5.89. The Morgan fingerprint density at radius 3 is 2.52 bits per heavy atom. The Hall–Kier alpha value is -1.54. The topological polar surface area (TPSA) is 29.1 Å². The molecule has 1 fully saturated rings. The lowest BCUT2D eigenvalue weighted by molar-refractivity contribution is 0.0944. The van der Waals surface area contributed by atoms with Crippen LogP contribution in [0.5, 0.6) is 0 Å². The normalized spacial score (nSPS) is 22.1. The monoisotopic (exact) mass is 301 g/mol. The van der Waals surface area contributed by atoms with Crippen LogP contribution in [0, 0.1) is 5.92 Å². The average molecular weight is 302 g/mol. The van der Waals surface area contributed by atoms with Crippen molar-refractivity contribution in [1.82, 2.24) is 5.32 Å². The summed E-state index contributed by atoms with van der Waals surface area (Å²) in [5, 5.41) is 5.66. The Morgan fingerprint density at radius 2 is 1.76 bits per heavy atom. The zero-order valence-corrected chi connectivity index (χ0v) is 12.8. The molecule has 1 N–H and O–H groups in total. The van der Waals surface area contributed by atoms with Gasteiger partial charge in [-0.1, -0.05) is 30.3 Å². The molecule has 1 saturated carbocycles. The summed E-state index contributed by atoms with van der Waals surface area (Å²) in [6, 6.07) is 14.0. The fourth-order valence-corrected chi connectivity index (χ4v) is 3.25. The minimum atomic E-state index is 0.0220. The van der Waals surface area contributed by atoms with Gasteiger partial charge >= 0.3 is 0 Å². The van der Waals surface area contributed by atoms with Gasteiger partial charge in [0.2, 0.25) is 0 Å². The van der Waals surface area contributed by atoms with Crippen molar-refractivity contribution in [1.29, 1.82) is 0 Å². The first-order valence-electron chi connectivity index (χ1n) is 7.63. The molecule has 0 bridgehead atoms. The van der Waals surface area contributed by atoms with Crippen LogP contribution in [-0.2, 0) is 0 Å². The molecule has 1 amide bonds. The van der Waals surface area contributed by atoms with E-state index in [0.717, 1.165) is 48.6 Å². The van der Waals surface area contributed by atoms with Gasteiger partial charge in [-0.15, -0.1) is 11.6 Å². The highest BCUT2D eigenvalue weighted by atomic mass is 35.5. The first kappa shape index (κ1) is 14.4. The van der Waals surface area contributed by atoms with Crippen LogP contribution in [0.15, 0.2) is 42.5 Å². The summed E-state index contributed by atoms with van der Waals surface area (Å²) in [6.45, 7) is 0.759. The van der Waals surface area contributed by atoms with Gasteiger partial charge in [0.15, 0.2) is 0 Å². The first-order valence-corrected chi connectivity index (χ1v) is 8.07. The van der Waals surface area contributed by atoms with Gasteiger partial charge in [0.05, 0.1) is 0 Å². The summed E-state index contributed by atoms with van der Waals surface area (Å²) in [6.07, 6.45) is 4.37. The van der Waals surface area contributed by atoms with Crippen molar-refractivity contribution in [2.24, 2.45) is 5.92 Å². The van der Waals surface area contributed by atoms with Crippen molar-refractivity contribution < 1.29 is 4.79 Å². The van der Waals surface area contributed by atoms with E-state index in [4.69, 9.17) is 11.6 Å². The van der Waals surface area contributed by atoms with Crippen molar-refractivity contribution >= 4 is 28.3 Å². The maximum Gasteiger partial charge on any atom is 0.251 e. The van der Waals surface area contributed by atoms with E-state index < -0.39 is 0 Å². The number of rotatable bonds is 3. The van der Waals surface area contributed by atoms with Crippen LogP contribution in [0.25, 0.3) is 10.8 Å². The highest BCUT2D eigenvalue weighted by molar-refractivity contribution is 6.20. The third-order valence-electron chi connectivity index (χ3n) is 4.34. The molecule has 2 nitrogen and oxygen atoms in total. The Kier molecular flexibility index (Phi) is 4.45. The molecule has 0 aromatic heterocycles. The number of benzene rings is 2. The quantitative estimate of drug-likeness (QED) is 0.838. The van der Waals surface area contributed by atoms with E-state index in [0.29, 0.717) is 11.3 Å². The zero-order chi connectivity index (χ0) is 14.7. The van der Waals surface area contributed by atoms with Gasteiger partial charge in [-0.2, -0.15) is 0 Å². The summed E-state index contributed by atoms with van der Waals surface area (Å²) in [5.41, 5.74) is 0.736. The summed E-state index contributed by atoms with van der Waals surface area (Å²) in [7, 11) is 0. The molecule has 0 saturated heterocycles. The SMILES string of the molecule is O=C(NCC1CCC(Cl)CC1)c1ccc2ccccc2c1. The van der Waals surface area contributed by atoms with Gasteiger partial charge in [0, 0.05) is 17.5 Å². The van der Waals surface area contributed by atoms with Crippen molar-refractivity contribution in [2.45, 2.75) is 31.1 Å². The van der Waals surface area contributed by atoms with E-state index in [1.165, 1.54) is 0 Å². The molecule has 110 valence electrons. The van der Waals surface area contributed by atoms with Gasteiger partial charge in [-0.25, -0.2) is 0 Å². The van der Waals surface area contributed by atoms with E-state index in [2.05, 4.69) is 11.4 Å². The fourth-order valence-electron chi connectivity index (χ4n) is 3.00. The highest BCUT2D eigenvalue weighted by Gasteiger charge is 2.20. The lowest BCUT2D eigenvalue weighted by Gasteiger charge is -2.25. The largest absolute Gasteiger partial charge is 0.352 e. The standard InChI is InChI=1S/C18H20ClNO/c19-17-9-5-13(6-10-17)12-20-18(21)16-8-7-14-3-1-2-4-15(14)11-16/h1-4,7-8,11,13,17H,5-6,9-10,12H2,(H,20,21). The van der Waals surface area contributed by atoms with E-state index in [1.54, 1.807) is 0 Å². The number of hydrogen-bond acceptors (Lipinski definition) is 1. The Bertz CT molecular complexity index is 632. The predicted octanol–water partition coefficient (Wildman–Crippen LogP) is 4.37. The molecule has 1 aliphatic rings.